The highest BCUT2D eigenvalue weighted by molar-refractivity contribution is 5.15. The van der Waals surface area contributed by atoms with Gasteiger partial charge in [0.2, 0.25) is 0 Å². The molecule has 1 heterocycles. The average Bonchev–Trinajstić information content (AvgIpc) is 2.10. The Morgan fingerprint density at radius 1 is 1.35 bits per heavy atom. The maximum atomic E-state index is 11.4. The highest BCUT2D eigenvalue weighted by Gasteiger charge is 2.17. The van der Waals surface area contributed by atoms with E-state index in [1.54, 1.807) is 0 Å². The molecule has 0 saturated carbocycles. The van der Waals surface area contributed by atoms with Crippen molar-refractivity contribution < 1.29 is 5.21 Å². The zero-order valence-corrected chi connectivity index (χ0v) is 11.4. The molecule has 0 aromatic carbocycles. The third-order valence-electron chi connectivity index (χ3n) is 2.74. The Morgan fingerprint density at radius 3 is 2.47 bits per heavy atom. The fourth-order valence-corrected chi connectivity index (χ4v) is 2.38. The summed E-state index contributed by atoms with van der Waals surface area (Å²) in [6.45, 7) is 10.6. The van der Waals surface area contributed by atoms with Gasteiger partial charge in [-0.2, -0.15) is 4.73 Å². The molecule has 0 bridgehead atoms. The van der Waals surface area contributed by atoms with Crippen molar-refractivity contribution in [3.63, 3.8) is 0 Å². The van der Waals surface area contributed by atoms with E-state index in [2.05, 4.69) is 27.7 Å². The summed E-state index contributed by atoms with van der Waals surface area (Å²) in [6.07, 6.45) is 1.79. The van der Waals surface area contributed by atoms with E-state index in [9.17, 15) is 10.0 Å². The van der Waals surface area contributed by atoms with Crippen molar-refractivity contribution in [1.29, 1.82) is 0 Å². The van der Waals surface area contributed by atoms with E-state index in [1.807, 2.05) is 13.0 Å². The van der Waals surface area contributed by atoms with Crippen molar-refractivity contribution in [2.75, 3.05) is 0 Å². The second-order valence-electron chi connectivity index (χ2n) is 6.25. The number of hydrogen-bond acceptors (Lipinski definition) is 2. The van der Waals surface area contributed by atoms with Crippen molar-refractivity contribution in [1.82, 2.24) is 4.73 Å². The number of pyridine rings is 1. The van der Waals surface area contributed by atoms with Crippen LogP contribution in [0.5, 0.6) is 0 Å². The normalized spacial score (nSPS) is 13.7. The summed E-state index contributed by atoms with van der Waals surface area (Å²) in [4.78, 5) is 11.4. The van der Waals surface area contributed by atoms with Gasteiger partial charge in [-0.15, -0.1) is 0 Å². The van der Waals surface area contributed by atoms with Crippen LogP contribution in [0.4, 0.5) is 0 Å². The summed E-state index contributed by atoms with van der Waals surface area (Å²) < 4.78 is 0.770. The lowest BCUT2D eigenvalue weighted by Crippen LogP contribution is -2.23. The van der Waals surface area contributed by atoms with Gasteiger partial charge in [0.25, 0.3) is 5.56 Å². The van der Waals surface area contributed by atoms with Crippen LogP contribution < -0.4 is 5.56 Å². The maximum absolute atomic E-state index is 11.4. The molecule has 1 rings (SSSR count). The monoisotopic (exact) mass is 237 g/mol. The first-order valence-electron chi connectivity index (χ1n) is 6.11. The Morgan fingerprint density at radius 2 is 1.94 bits per heavy atom. The zero-order valence-electron chi connectivity index (χ0n) is 11.4. The predicted octanol–water partition coefficient (Wildman–Crippen LogP) is 3.01. The first-order valence-corrected chi connectivity index (χ1v) is 6.11. The Hall–Kier alpha value is -1.25. The number of aromatic nitrogens is 1. The SMILES string of the molecule is Cc1cc(C[C@H](C)CC(C)(C)C)n(O)c(=O)c1. The quantitative estimate of drug-likeness (QED) is 0.821. The number of hydrogen-bond donors (Lipinski definition) is 1. The molecule has 0 amide bonds. The lowest BCUT2D eigenvalue weighted by molar-refractivity contribution is 0.160. The molecule has 0 aliphatic carbocycles. The van der Waals surface area contributed by atoms with Gasteiger partial charge in [-0.3, -0.25) is 4.79 Å². The van der Waals surface area contributed by atoms with Gasteiger partial charge in [0.05, 0.1) is 5.69 Å². The van der Waals surface area contributed by atoms with Crippen molar-refractivity contribution in [3.05, 3.63) is 33.7 Å². The highest BCUT2D eigenvalue weighted by Crippen LogP contribution is 2.26. The minimum atomic E-state index is -0.344. The van der Waals surface area contributed by atoms with Crippen molar-refractivity contribution in [3.8, 4) is 0 Å². The van der Waals surface area contributed by atoms with Crippen molar-refractivity contribution >= 4 is 0 Å². The molecule has 1 aromatic rings. The maximum Gasteiger partial charge on any atom is 0.283 e. The zero-order chi connectivity index (χ0) is 13.2. The van der Waals surface area contributed by atoms with Gasteiger partial charge >= 0.3 is 0 Å². The van der Waals surface area contributed by atoms with Crippen LogP contribution in [0.2, 0.25) is 0 Å². The molecule has 0 fully saturated rings. The van der Waals surface area contributed by atoms with Gasteiger partial charge in [-0.05, 0) is 42.7 Å². The van der Waals surface area contributed by atoms with Gasteiger partial charge < -0.3 is 5.21 Å². The number of rotatable bonds is 3. The molecule has 0 spiro atoms. The molecule has 0 unspecified atom stereocenters. The van der Waals surface area contributed by atoms with E-state index in [0.29, 0.717) is 11.6 Å². The lowest BCUT2D eigenvalue weighted by atomic mass is 9.83. The van der Waals surface area contributed by atoms with E-state index in [-0.39, 0.29) is 11.0 Å². The van der Waals surface area contributed by atoms with Crippen LogP contribution in [0, 0.1) is 18.3 Å². The second-order valence-corrected chi connectivity index (χ2v) is 6.25. The van der Waals surface area contributed by atoms with Crippen LogP contribution in [0.3, 0.4) is 0 Å². The summed E-state index contributed by atoms with van der Waals surface area (Å²) in [5.74, 6) is 0.439. The number of aryl methyl sites for hydroxylation is 1. The molecular formula is C14H23NO2. The van der Waals surface area contributed by atoms with Crippen molar-refractivity contribution in [2.24, 2.45) is 11.3 Å². The van der Waals surface area contributed by atoms with E-state index < -0.39 is 0 Å². The van der Waals surface area contributed by atoms with Gasteiger partial charge in [-0.25, -0.2) is 0 Å². The molecule has 3 nitrogen and oxygen atoms in total. The van der Waals surface area contributed by atoms with Gasteiger partial charge in [0.15, 0.2) is 0 Å². The Bertz CT molecular complexity index is 441. The van der Waals surface area contributed by atoms with Crippen LogP contribution >= 0.6 is 0 Å². The first kappa shape index (κ1) is 13.8. The molecular weight excluding hydrogens is 214 g/mol. The molecule has 0 radical (unpaired) electrons. The van der Waals surface area contributed by atoms with Gasteiger partial charge in [0.1, 0.15) is 0 Å². The van der Waals surface area contributed by atoms with E-state index in [0.717, 1.165) is 23.1 Å². The van der Waals surface area contributed by atoms with E-state index >= 15 is 0 Å². The van der Waals surface area contributed by atoms with Gasteiger partial charge in [0, 0.05) is 6.07 Å². The van der Waals surface area contributed by atoms with Gasteiger partial charge in [-0.1, -0.05) is 27.7 Å². The smallest absolute Gasteiger partial charge is 0.283 e. The summed E-state index contributed by atoms with van der Waals surface area (Å²) in [7, 11) is 0. The molecule has 0 saturated heterocycles. The Kier molecular flexibility index (Phi) is 4.02. The Labute approximate surface area is 103 Å². The van der Waals surface area contributed by atoms with Crippen LogP contribution in [0.25, 0.3) is 0 Å². The minimum Gasteiger partial charge on any atom is -0.425 e. The predicted molar refractivity (Wildman–Crippen MR) is 69.6 cm³/mol. The average molecular weight is 237 g/mol. The summed E-state index contributed by atoms with van der Waals surface area (Å²) >= 11 is 0. The lowest BCUT2D eigenvalue weighted by Gasteiger charge is -2.23. The van der Waals surface area contributed by atoms with Crippen LogP contribution in [0.15, 0.2) is 16.9 Å². The molecule has 96 valence electrons. The number of nitrogens with zero attached hydrogens (tertiary/aromatic N) is 1. The fourth-order valence-electron chi connectivity index (χ4n) is 2.38. The third kappa shape index (κ3) is 4.25. The molecule has 1 N–H and O–H groups in total. The standard InChI is InChI=1S/C14H23NO2/c1-10-6-12(15(17)13(16)8-10)7-11(2)9-14(3,4)5/h6,8,11,17H,7,9H2,1-5H3/t11-/m0/s1. The van der Waals surface area contributed by atoms with Crippen LogP contribution in [0.1, 0.15) is 45.4 Å². The Balaban J connectivity index is 2.85. The van der Waals surface area contributed by atoms with Crippen LogP contribution in [-0.4, -0.2) is 9.94 Å². The van der Waals surface area contributed by atoms with Crippen LogP contribution in [-0.2, 0) is 6.42 Å². The second kappa shape index (κ2) is 4.94. The molecule has 3 heteroatoms. The first-order chi connectivity index (χ1) is 7.69. The van der Waals surface area contributed by atoms with E-state index in [1.165, 1.54) is 6.07 Å². The fraction of sp³-hybridized carbons (Fsp3) is 0.643. The third-order valence-corrected chi connectivity index (χ3v) is 2.74. The largest absolute Gasteiger partial charge is 0.425 e. The topological polar surface area (TPSA) is 42.2 Å². The summed E-state index contributed by atoms with van der Waals surface area (Å²) in [5.41, 5.74) is 1.53. The molecule has 0 aliphatic heterocycles. The molecule has 0 aliphatic rings. The highest BCUT2D eigenvalue weighted by atomic mass is 16.5. The summed E-state index contributed by atoms with van der Waals surface area (Å²) in [5, 5.41) is 9.67. The van der Waals surface area contributed by atoms with E-state index in [4.69, 9.17) is 0 Å². The molecule has 1 atom stereocenters. The molecule has 17 heavy (non-hydrogen) atoms. The summed E-state index contributed by atoms with van der Waals surface area (Å²) in [6, 6.07) is 3.32. The minimum absolute atomic E-state index is 0.268. The molecule has 1 aromatic heterocycles. The van der Waals surface area contributed by atoms with Crippen molar-refractivity contribution in [2.45, 2.75) is 47.5 Å².